The summed E-state index contributed by atoms with van der Waals surface area (Å²) < 4.78 is 0. The van der Waals surface area contributed by atoms with E-state index in [0.29, 0.717) is 19.5 Å². The van der Waals surface area contributed by atoms with Gasteiger partial charge in [-0.2, -0.15) is 0 Å². The summed E-state index contributed by atoms with van der Waals surface area (Å²) >= 11 is 0. The molecular formula is C16H28N2O3. The van der Waals surface area contributed by atoms with Gasteiger partial charge in [0.15, 0.2) is 0 Å². The first kappa shape index (κ1) is 16.1. The number of amides is 2. The maximum absolute atomic E-state index is 12.4. The van der Waals surface area contributed by atoms with Gasteiger partial charge in [0, 0.05) is 19.1 Å². The number of carbonyl (C=O) groups excluding carboxylic acids is 1. The minimum atomic E-state index is -0.789. The first-order chi connectivity index (χ1) is 9.99. The van der Waals surface area contributed by atoms with Crippen molar-refractivity contribution in [3.63, 3.8) is 0 Å². The predicted octanol–water partition coefficient (Wildman–Crippen LogP) is 2.71. The van der Waals surface area contributed by atoms with Gasteiger partial charge in [0.05, 0.1) is 5.92 Å². The van der Waals surface area contributed by atoms with E-state index < -0.39 is 11.9 Å². The lowest BCUT2D eigenvalue weighted by Gasteiger charge is -2.36. The van der Waals surface area contributed by atoms with Gasteiger partial charge in [-0.1, -0.05) is 20.3 Å². The zero-order chi connectivity index (χ0) is 15.4. The summed E-state index contributed by atoms with van der Waals surface area (Å²) in [7, 11) is 0. The van der Waals surface area contributed by atoms with Crippen LogP contribution in [0.4, 0.5) is 4.79 Å². The van der Waals surface area contributed by atoms with Crippen LogP contribution in [0.3, 0.4) is 0 Å². The van der Waals surface area contributed by atoms with Gasteiger partial charge in [-0.05, 0) is 43.9 Å². The molecule has 1 saturated carbocycles. The third kappa shape index (κ3) is 4.35. The van der Waals surface area contributed by atoms with Gasteiger partial charge in [-0.15, -0.1) is 0 Å². The molecule has 2 N–H and O–H groups in total. The highest BCUT2D eigenvalue weighted by Crippen LogP contribution is 2.27. The smallest absolute Gasteiger partial charge is 0.317 e. The fourth-order valence-electron chi connectivity index (χ4n) is 3.68. The van der Waals surface area contributed by atoms with Crippen LogP contribution in [0.2, 0.25) is 0 Å². The van der Waals surface area contributed by atoms with Gasteiger partial charge in [0.25, 0.3) is 0 Å². The molecule has 5 nitrogen and oxygen atoms in total. The summed E-state index contributed by atoms with van der Waals surface area (Å²) in [6, 6.07) is 0.188. The molecule has 1 aliphatic heterocycles. The van der Waals surface area contributed by atoms with E-state index in [4.69, 9.17) is 0 Å². The molecule has 0 radical (unpaired) electrons. The number of nitrogens with zero attached hydrogens (tertiary/aromatic N) is 1. The lowest BCUT2D eigenvalue weighted by molar-refractivity contribution is -0.143. The highest BCUT2D eigenvalue weighted by molar-refractivity contribution is 5.76. The number of piperidine rings is 1. The summed E-state index contributed by atoms with van der Waals surface area (Å²) in [5.41, 5.74) is 0. The summed E-state index contributed by atoms with van der Waals surface area (Å²) in [5.74, 6) is -0.149. The predicted molar refractivity (Wildman–Crippen MR) is 81.0 cm³/mol. The Bertz CT molecular complexity index is 378. The van der Waals surface area contributed by atoms with E-state index >= 15 is 0 Å². The van der Waals surface area contributed by atoms with Crippen LogP contribution >= 0.6 is 0 Å². The number of hydrogen-bond donors (Lipinski definition) is 2. The van der Waals surface area contributed by atoms with E-state index in [2.05, 4.69) is 12.2 Å². The lowest BCUT2D eigenvalue weighted by atomic mass is 9.84. The van der Waals surface area contributed by atoms with E-state index in [9.17, 15) is 14.7 Å². The average Bonchev–Trinajstić information content (AvgIpc) is 2.47. The summed E-state index contributed by atoms with van der Waals surface area (Å²) in [6.07, 6.45) is 6.38. The number of urea groups is 1. The van der Waals surface area contributed by atoms with Crippen LogP contribution in [0.5, 0.6) is 0 Å². The lowest BCUT2D eigenvalue weighted by Crippen LogP contribution is -2.52. The number of carboxylic acids is 1. The van der Waals surface area contributed by atoms with Gasteiger partial charge < -0.3 is 15.3 Å². The van der Waals surface area contributed by atoms with Gasteiger partial charge >= 0.3 is 12.0 Å². The van der Waals surface area contributed by atoms with Crippen LogP contribution in [0.1, 0.15) is 52.4 Å². The SMILES string of the molecule is CCC1CCC(NC(=O)N2CC(C)CC(C(=O)O)C2)CC1. The monoisotopic (exact) mass is 296 g/mol. The third-order valence-electron chi connectivity index (χ3n) is 5.05. The van der Waals surface area contributed by atoms with Crippen LogP contribution in [-0.4, -0.2) is 41.1 Å². The van der Waals surface area contributed by atoms with Crippen LogP contribution in [0.25, 0.3) is 0 Å². The molecule has 0 bridgehead atoms. The number of nitrogens with one attached hydrogen (secondary N) is 1. The molecule has 1 heterocycles. The molecule has 0 spiro atoms. The van der Waals surface area contributed by atoms with Crippen molar-refractivity contribution in [2.24, 2.45) is 17.8 Å². The second-order valence-electron chi connectivity index (χ2n) is 6.86. The molecule has 2 amide bonds. The Kier molecular flexibility index (Phi) is 5.48. The Morgan fingerprint density at radius 2 is 1.86 bits per heavy atom. The number of aliphatic carboxylic acids is 1. The minimum absolute atomic E-state index is 0.0762. The van der Waals surface area contributed by atoms with Crippen molar-refractivity contribution in [1.82, 2.24) is 10.2 Å². The average molecular weight is 296 g/mol. The molecule has 0 aromatic heterocycles. The zero-order valence-electron chi connectivity index (χ0n) is 13.2. The van der Waals surface area contributed by atoms with Crippen LogP contribution in [-0.2, 0) is 4.79 Å². The number of rotatable bonds is 3. The van der Waals surface area contributed by atoms with Crippen molar-refractivity contribution in [3.8, 4) is 0 Å². The fourth-order valence-corrected chi connectivity index (χ4v) is 3.68. The number of carbonyl (C=O) groups is 2. The Hall–Kier alpha value is -1.26. The maximum Gasteiger partial charge on any atom is 0.317 e. The van der Waals surface area contributed by atoms with Gasteiger partial charge in [0.2, 0.25) is 0 Å². The number of hydrogen-bond acceptors (Lipinski definition) is 2. The number of likely N-dealkylation sites (tertiary alicyclic amines) is 1. The standard InChI is InChI=1S/C16H28N2O3/c1-3-12-4-6-14(7-5-12)17-16(21)18-9-11(2)8-13(10-18)15(19)20/h11-14H,3-10H2,1-2H3,(H,17,21)(H,19,20). The Labute approximate surface area is 127 Å². The molecule has 2 atom stereocenters. The van der Waals surface area contributed by atoms with Crippen LogP contribution in [0, 0.1) is 17.8 Å². The molecule has 5 heteroatoms. The zero-order valence-corrected chi connectivity index (χ0v) is 13.2. The Morgan fingerprint density at radius 3 is 2.43 bits per heavy atom. The molecule has 2 unspecified atom stereocenters. The van der Waals surface area contributed by atoms with E-state index in [1.165, 1.54) is 19.3 Å². The molecule has 2 fully saturated rings. The molecule has 1 aliphatic carbocycles. The highest BCUT2D eigenvalue weighted by atomic mass is 16.4. The van der Waals surface area contributed by atoms with Crippen molar-refractivity contribution < 1.29 is 14.7 Å². The van der Waals surface area contributed by atoms with E-state index in [1.807, 2.05) is 6.92 Å². The second kappa shape index (κ2) is 7.14. The van der Waals surface area contributed by atoms with Crippen molar-refractivity contribution in [3.05, 3.63) is 0 Å². The second-order valence-corrected chi connectivity index (χ2v) is 6.86. The molecule has 2 aliphatic rings. The summed E-state index contributed by atoms with van der Waals surface area (Å²) in [5, 5.41) is 12.3. The first-order valence-corrected chi connectivity index (χ1v) is 8.27. The molecular weight excluding hydrogens is 268 g/mol. The highest BCUT2D eigenvalue weighted by Gasteiger charge is 2.32. The van der Waals surface area contributed by atoms with E-state index in [1.54, 1.807) is 4.90 Å². The summed E-state index contributed by atoms with van der Waals surface area (Å²) in [4.78, 5) is 25.2. The Morgan fingerprint density at radius 1 is 1.19 bits per heavy atom. The third-order valence-corrected chi connectivity index (χ3v) is 5.05. The minimum Gasteiger partial charge on any atom is -0.481 e. The molecule has 21 heavy (non-hydrogen) atoms. The van der Waals surface area contributed by atoms with Gasteiger partial charge in [-0.25, -0.2) is 4.79 Å². The molecule has 0 aromatic carbocycles. The summed E-state index contributed by atoms with van der Waals surface area (Å²) in [6.45, 7) is 5.25. The Balaban J connectivity index is 1.84. The van der Waals surface area contributed by atoms with Crippen LogP contribution in [0.15, 0.2) is 0 Å². The fraction of sp³-hybridized carbons (Fsp3) is 0.875. The van der Waals surface area contributed by atoms with Crippen LogP contribution < -0.4 is 5.32 Å². The van der Waals surface area contributed by atoms with Gasteiger partial charge in [-0.3, -0.25) is 4.79 Å². The van der Waals surface area contributed by atoms with E-state index in [0.717, 1.165) is 18.8 Å². The molecule has 2 rings (SSSR count). The normalized spacial score (nSPS) is 33.5. The van der Waals surface area contributed by atoms with Crippen molar-refractivity contribution in [2.75, 3.05) is 13.1 Å². The first-order valence-electron chi connectivity index (χ1n) is 8.27. The quantitative estimate of drug-likeness (QED) is 0.841. The largest absolute Gasteiger partial charge is 0.481 e. The molecule has 120 valence electrons. The van der Waals surface area contributed by atoms with E-state index in [-0.39, 0.29) is 18.0 Å². The molecule has 1 saturated heterocycles. The maximum atomic E-state index is 12.4. The van der Waals surface area contributed by atoms with Crippen molar-refractivity contribution in [2.45, 2.75) is 58.4 Å². The van der Waals surface area contributed by atoms with Crippen molar-refractivity contribution in [1.29, 1.82) is 0 Å². The topological polar surface area (TPSA) is 69.6 Å². The van der Waals surface area contributed by atoms with Gasteiger partial charge in [0.1, 0.15) is 0 Å². The number of carboxylic acid groups (broad SMARTS) is 1. The van der Waals surface area contributed by atoms with Crippen molar-refractivity contribution >= 4 is 12.0 Å². The molecule has 0 aromatic rings.